The number of amides is 1. The fourth-order valence-electron chi connectivity index (χ4n) is 4.75. The predicted octanol–water partition coefficient (Wildman–Crippen LogP) is 6.63. The number of halogens is 3. The van der Waals surface area contributed by atoms with Crippen molar-refractivity contribution in [2.45, 2.75) is 6.18 Å². The summed E-state index contributed by atoms with van der Waals surface area (Å²) < 4.78 is 39.5. The van der Waals surface area contributed by atoms with Crippen molar-refractivity contribution in [2.24, 2.45) is 0 Å². The summed E-state index contributed by atoms with van der Waals surface area (Å²) in [6, 6.07) is 20.5. The maximum atomic E-state index is 13.2. The van der Waals surface area contributed by atoms with Crippen molar-refractivity contribution in [1.82, 2.24) is 9.88 Å². The summed E-state index contributed by atoms with van der Waals surface area (Å²) in [5.74, 6) is -0.322. The highest BCUT2D eigenvalue weighted by Gasteiger charge is 2.30. The van der Waals surface area contributed by atoms with Crippen LogP contribution in [0.25, 0.3) is 16.3 Å². The molecule has 5 rings (SSSR count). The van der Waals surface area contributed by atoms with Gasteiger partial charge in [-0.05, 0) is 60.1 Å². The number of pyridine rings is 1. The molecule has 204 valence electrons. The van der Waals surface area contributed by atoms with Gasteiger partial charge in [-0.15, -0.1) is 0 Å². The Morgan fingerprint density at radius 2 is 1.57 bits per heavy atom. The van der Waals surface area contributed by atoms with Gasteiger partial charge < -0.3 is 15.1 Å². The Morgan fingerprint density at radius 3 is 2.25 bits per heavy atom. The lowest BCUT2D eigenvalue weighted by molar-refractivity contribution is -0.137. The highest BCUT2D eigenvalue weighted by Crippen LogP contribution is 2.32. The second-order valence-corrected chi connectivity index (χ2v) is 9.74. The molecule has 1 saturated heterocycles. The number of aromatic nitrogens is 1. The maximum absolute atomic E-state index is 13.2. The fourth-order valence-corrected chi connectivity index (χ4v) is 4.75. The van der Waals surface area contributed by atoms with Gasteiger partial charge in [0.2, 0.25) is 5.91 Å². The number of benzene rings is 3. The zero-order valence-electron chi connectivity index (χ0n) is 22.0. The van der Waals surface area contributed by atoms with E-state index in [-0.39, 0.29) is 5.91 Å². The number of piperazine rings is 1. The van der Waals surface area contributed by atoms with E-state index in [0.29, 0.717) is 16.8 Å². The van der Waals surface area contributed by atoms with Gasteiger partial charge in [0.05, 0.1) is 5.56 Å². The molecule has 1 amide bonds. The first-order valence-corrected chi connectivity index (χ1v) is 13.0. The lowest BCUT2D eigenvalue weighted by Gasteiger charge is -2.34. The monoisotopic (exact) mass is 542 g/mol. The molecule has 0 saturated carbocycles. The van der Waals surface area contributed by atoms with Gasteiger partial charge in [0.25, 0.3) is 0 Å². The van der Waals surface area contributed by atoms with Crippen LogP contribution in [-0.2, 0) is 11.0 Å². The number of carbonyl (C=O) groups excluding carboxylic acids is 1. The van der Waals surface area contributed by atoms with Crippen molar-refractivity contribution in [1.29, 1.82) is 0 Å². The Kier molecular flexibility index (Phi) is 7.98. The first-order chi connectivity index (χ1) is 19.3. The highest BCUT2D eigenvalue weighted by molar-refractivity contribution is 6.06. The van der Waals surface area contributed by atoms with Gasteiger partial charge in [-0.25, -0.2) is 0 Å². The average molecular weight is 543 g/mol. The number of nitrogens with zero attached hydrogens (tertiary/aromatic N) is 3. The van der Waals surface area contributed by atoms with Crippen LogP contribution in [0.15, 0.2) is 103 Å². The SMILES string of the molecule is CN1CCN(c2ccc(C(=CC=CC(=O)Nc3cccc4cnccc34)c3ccc(C(F)(F)F)cc3)cc2)CC1. The quantitative estimate of drug-likeness (QED) is 0.219. The van der Waals surface area contributed by atoms with Crippen molar-refractivity contribution >= 4 is 33.6 Å². The molecule has 0 spiro atoms. The molecule has 2 heterocycles. The molecular weight excluding hydrogens is 513 g/mol. The van der Waals surface area contributed by atoms with Crippen LogP contribution in [0.1, 0.15) is 16.7 Å². The summed E-state index contributed by atoms with van der Waals surface area (Å²) in [5.41, 5.74) is 3.22. The van der Waals surface area contributed by atoms with Crippen LogP contribution in [0, 0.1) is 0 Å². The second-order valence-electron chi connectivity index (χ2n) is 9.74. The average Bonchev–Trinajstić information content (AvgIpc) is 2.96. The molecule has 0 bridgehead atoms. The maximum Gasteiger partial charge on any atom is 0.416 e. The molecule has 3 aromatic carbocycles. The molecular formula is C32H29F3N4O. The van der Waals surface area contributed by atoms with Crippen LogP contribution < -0.4 is 10.2 Å². The molecule has 1 aliphatic heterocycles. The molecule has 5 nitrogen and oxygen atoms in total. The largest absolute Gasteiger partial charge is 0.416 e. The molecule has 8 heteroatoms. The van der Waals surface area contributed by atoms with Crippen LogP contribution in [0.3, 0.4) is 0 Å². The highest BCUT2D eigenvalue weighted by atomic mass is 19.4. The standard InChI is InChI=1S/C32H29F3N4O/c1-38-18-20-39(21-19-38)27-14-10-24(11-15-27)28(23-8-12-26(13-9-23)32(33,34)35)5-3-7-31(40)37-30-6-2-4-25-22-36-17-16-29(25)30/h2-17,22H,18-21H2,1H3,(H,37,40). The number of nitrogens with one attached hydrogen (secondary N) is 1. The topological polar surface area (TPSA) is 48.5 Å². The third kappa shape index (κ3) is 6.40. The van der Waals surface area contributed by atoms with E-state index in [9.17, 15) is 18.0 Å². The third-order valence-corrected chi connectivity index (χ3v) is 7.02. The summed E-state index contributed by atoms with van der Waals surface area (Å²) in [7, 11) is 2.11. The van der Waals surface area contributed by atoms with Gasteiger partial charge >= 0.3 is 6.18 Å². The van der Waals surface area contributed by atoms with Crippen molar-refractivity contribution in [3.05, 3.63) is 120 Å². The van der Waals surface area contributed by atoms with Crippen LogP contribution in [0.4, 0.5) is 24.5 Å². The van der Waals surface area contributed by atoms with E-state index in [1.54, 1.807) is 24.5 Å². The lowest BCUT2D eigenvalue weighted by atomic mass is 9.96. The molecule has 1 N–H and O–H groups in total. The Morgan fingerprint density at radius 1 is 0.900 bits per heavy atom. The van der Waals surface area contributed by atoms with E-state index >= 15 is 0 Å². The number of likely N-dealkylation sites (N-methyl/N-ethyl adjacent to an activating group) is 1. The van der Waals surface area contributed by atoms with Gasteiger partial charge in [0.1, 0.15) is 0 Å². The molecule has 1 fully saturated rings. The summed E-state index contributed by atoms with van der Waals surface area (Å²) in [6.07, 6.45) is 3.76. The molecule has 1 aliphatic rings. The van der Waals surface area contributed by atoms with Crippen LogP contribution in [0.2, 0.25) is 0 Å². The van der Waals surface area contributed by atoms with E-state index in [0.717, 1.165) is 60.3 Å². The number of rotatable bonds is 6. The number of hydrogen-bond donors (Lipinski definition) is 1. The van der Waals surface area contributed by atoms with E-state index in [1.165, 1.54) is 18.2 Å². The predicted molar refractivity (Wildman–Crippen MR) is 154 cm³/mol. The number of anilines is 2. The second kappa shape index (κ2) is 11.8. The summed E-state index contributed by atoms with van der Waals surface area (Å²) in [5, 5.41) is 4.68. The Labute approximate surface area is 231 Å². The minimum atomic E-state index is -4.41. The molecule has 0 aliphatic carbocycles. The van der Waals surface area contributed by atoms with Gasteiger partial charge in [-0.2, -0.15) is 13.2 Å². The van der Waals surface area contributed by atoms with E-state index in [1.807, 2.05) is 48.5 Å². The molecule has 0 radical (unpaired) electrons. The van der Waals surface area contributed by atoms with Gasteiger partial charge in [0, 0.05) is 66.8 Å². The third-order valence-electron chi connectivity index (χ3n) is 7.02. The van der Waals surface area contributed by atoms with Gasteiger partial charge in [-0.3, -0.25) is 9.78 Å². The molecule has 40 heavy (non-hydrogen) atoms. The van der Waals surface area contributed by atoms with Crippen LogP contribution in [0.5, 0.6) is 0 Å². The smallest absolute Gasteiger partial charge is 0.369 e. The number of fused-ring (bicyclic) bond motifs is 1. The van der Waals surface area contributed by atoms with E-state index in [4.69, 9.17) is 0 Å². The Bertz CT molecular complexity index is 1530. The van der Waals surface area contributed by atoms with Crippen molar-refractivity contribution < 1.29 is 18.0 Å². The summed E-state index contributed by atoms with van der Waals surface area (Å²) in [4.78, 5) is 21.5. The van der Waals surface area contributed by atoms with E-state index in [2.05, 4.69) is 27.1 Å². The van der Waals surface area contributed by atoms with Crippen LogP contribution >= 0.6 is 0 Å². The number of alkyl halides is 3. The summed E-state index contributed by atoms with van der Waals surface area (Å²) >= 11 is 0. The minimum Gasteiger partial charge on any atom is -0.369 e. The van der Waals surface area contributed by atoms with Gasteiger partial charge in [-0.1, -0.05) is 48.6 Å². The molecule has 0 atom stereocenters. The zero-order valence-corrected chi connectivity index (χ0v) is 22.0. The fraction of sp³-hybridized carbons (Fsp3) is 0.188. The molecule has 0 unspecified atom stereocenters. The number of carbonyl (C=O) groups is 1. The van der Waals surface area contributed by atoms with E-state index < -0.39 is 11.7 Å². The zero-order chi connectivity index (χ0) is 28.1. The van der Waals surface area contributed by atoms with Crippen LogP contribution in [-0.4, -0.2) is 49.0 Å². The number of hydrogen-bond acceptors (Lipinski definition) is 4. The first-order valence-electron chi connectivity index (χ1n) is 13.0. The Hall–Kier alpha value is -4.43. The normalized spacial score (nSPS) is 15.1. The number of allylic oxidation sites excluding steroid dienone is 2. The Balaban J connectivity index is 1.40. The minimum absolute atomic E-state index is 0.322. The molecule has 4 aromatic rings. The molecule has 1 aromatic heterocycles. The summed E-state index contributed by atoms with van der Waals surface area (Å²) in [6.45, 7) is 3.84. The van der Waals surface area contributed by atoms with Crippen molar-refractivity contribution in [2.75, 3.05) is 43.4 Å². The van der Waals surface area contributed by atoms with Crippen molar-refractivity contribution in [3.63, 3.8) is 0 Å². The lowest BCUT2D eigenvalue weighted by Crippen LogP contribution is -2.44. The van der Waals surface area contributed by atoms with Gasteiger partial charge in [0.15, 0.2) is 0 Å². The van der Waals surface area contributed by atoms with Crippen molar-refractivity contribution in [3.8, 4) is 0 Å². The first kappa shape index (κ1) is 27.1.